The monoisotopic (exact) mass is 413 g/mol. The molecule has 2 aromatic carbocycles. The summed E-state index contributed by atoms with van der Waals surface area (Å²) in [4.78, 5) is -0.0192. The van der Waals surface area contributed by atoms with Gasteiger partial charge in [0.1, 0.15) is 16.2 Å². The van der Waals surface area contributed by atoms with Crippen molar-refractivity contribution in [3.8, 4) is 5.75 Å². The zero-order valence-electron chi connectivity index (χ0n) is 14.6. The normalized spacial score (nSPS) is 18.8. The van der Waals surface area contributed by atoms with Gasteiger partial charge in [-0.05, 0) is 37.1 Å². The predicted molar refractivity (Wildman–Crippen MR) is 105 cm³/mol. The fourth-order valence-corrected chi connectivity index (χ4v) is 5.32. The summed E-state index contributed by atoms with van der Waals surface area (Å²) in [5.74, 6) is 0.715. The second kappa shape index (κ2) is 7.39. The van der Waals surface area contributed by atoms with E-state index in [0.717, 1.165) is 18.4 Å². The van der Waals surface area contributed by atoms with E-state index < -0.39 is 21.7 Å². The van der Waals surface area contributed by atoms with Gasteiger partial charge in [0.2, 0.25) is 10.0 Å². The van der Waals surface area contributed by atoms with Crippen molar-refractivity contribution in [2.75, 3.05) is 0 Å². The molecule has 0 bridgehead atoms. The number of sulfonamides is 1. The Hall–Kier alpha value is -1.27. The van der Waals surface area contributed by atoms with Gasteiger partial charge in [-0.1, -0.05) is 55.2 Å². The lowest BCUT2D eigenvalue weighted by Gasteiger charge is -2.41. The molecule has 0 radical (unpaired) electrons. The predicted octanol–water partition coefficient (Wildman–Crippen LogP) is 5.35. The van der Waals surface area contributed by atoms with Gasteiger partial charge in [-0.25, -0.2) is 13.1 Å². The molecule has 0 saturated carbocycles. The van der Waals surface area contributed by atoms with E-state index in [2.05, 4.69) is 18.6 Å². The van der Waals surface area contributed by atoms with E-state index in [-0.39, 0.29) is 9.92 Å². The molecule has 1 unspecified atom stereocenters. The maximum absolute atomic E-state index is 13.0. The van der Waals surface area contributed by atoms with Crippen molar-refractivity contribution in [3.63, 3.8) is 0 Å². The van der Waals surface area contributed by atoms with Gasteiger partial charge in [0.25, 0.3) is 0 Å². The Bertz CT molecular complexity index is 911. The number of nitrogens with one attached hydrogen (secondary N) is 1. The molecular formula is C19H21Cl2NO3S. The fraction of sp³-hybridized carbons (Fsp3) is 0.368. The van der Waals surface area contributed by atoms with Gasteiger partial charge in [0.05, 0.1) is 11.1 Å². The first-order chi connectivity index (χ1) is 12.3. The van der Waals surface area contributed by atoms with Crippen molar-refractivity contribution in [3.05, 3.63) is 58.1 Å². The lowest BCUT2D eigenvalue weighted by Crippen LogP contribution is -2.44. The zero-order valence-corrected chi connectivity index (χ0v) is 17.0. The second-order valence-electron chi connectivity index (χ2n) is 6.48. The first-order valence-electron chi connectivity index (χ1n) is 8.55. The van der Waals surface area contributed by atoms with Crippen molar-refractivity contribution in [1.82, 2.24) is 4.72 Å². The van der Waals surface area contributed by atoms with Crippen LogP contribution in [0.3, 0.4) is 0 Å². The minimum absolute atomic E-state index is 0.0192. The molecule has 4 nitrogen and oxygen atoms in total. The Morgan fingerprint density at radius 2 is 1.85 bits per heavy atom. The third kappa shape index (κ3) is 3.72. The van der Waals surface area contributed by atoms with Crippen LogP contribution in [0.25, 0.3) is 0 Å². The van der Waals surface area contributed by atoms with E-state index >= 15 is 0 Å². The number of benzene rings is 2. The molecule has 0 amide bonds. The number of para-hydroxylation sites is 1. The highest BCUT2D eigenvalue weighted by molar-refractivity contribution is 7.89. The summed E-state index contributed by atoms with van der Waals surface area (Å²) in [5.41, 5.74) is 0.423. The highest BCUT2D eigenvalue weighted by Crippen LogP contribution is 2.43. The summed E-state index contributed by atoms with van der Waals surface area (Å²) < 4.78 is 35.0. The number of hydrogen-bond acceptors (Lipinski definition) is 3. The van der Waals surface area contributed by atoms with E-state index in [1.165, 1.54) is 12.1 Å². The first-order valence-corrected chi connectivity index (χ1v) is 10.8. The van der Waals surface area contributed by atoms with E-state index in [0.29, 0.717) is 17.2 Å². The highest BCUT2D eigenvalue weighted by Gasteiger charge is 2.40. The van der Waals surface area contributed by atoms with Gasteiger partial charge in [-0.3, -0.25) is 0 Å². The third-order valence-electron chi connectivity index (χ3n) is 4.97. The molecule has 0 aliphatic carbocycles. The summed E-state index contributed by atoms with van der Waals surface area (Å²) >= 11 is 12.1. The molecule has 0 saturated heterocycles. The van der Waals surface area contributed by atoms with Crippen LogP contribution in [0.2, 0.25) is 10.0 Å². The van der Waals surface area contributed by atoms with E-state index in [1.807, 2.05) is 24.3 Å². The quantitative estimate of drug-likeness (QED) is 0.717. The van der Waals surface area contributed by atoms with Crippen LogP contribution in [0.5, 0.6) is 5.75 Å². The van der Waals surface area contributed by atoms with Gasteiger partial charge in [-0.2, -0.15) is 0 Å². The topological polar surface area (TPSA) is 55.4 Å². The van der Waals surface area contributed by atoms with Gasteiger partial charge in [-0.15, -0.1) is 0 Å². The van der Waals surface area contributed by atoms with Crippen molar-refractivity contribution in [2.45, 2.75) is 49.6 Å². The van der Waals surface area contributed by atoms with Crippen molar-refractivity contribution < 1.29 is 13.2 Å². The maximum atomic E-state index is 13.0. The van der Waals surface area contributed by atoms with Gasteiger partial charge < -0.3 is 4.74 Å². The van der Waals surface area contributed by atoms with Gasteiger partial charge >= 0.3 is 0 Å². The van der Waals surface area contributed by atoms with Crippen molar-refractivity contribution in [1.29, 1.82) is 0 Å². The Morgan fingerprint density at radius 3 is 2.54 bits per heavy atom. The Labute approximate surface area is 164 Å². The lowest BCUT2D eigenvalue weighted by molar-refractivity contribution is 0.0260. The highest BCUT2D eigenvalue weighted by atomic mass is 35.5. The minimum atomic E-state index is -3.84. The summed E-state index contributed by atoms with van der Waals surface area (Å²) in [6, 6.07) is 11.5. The van der Waals surface area contributed by atoms with Crippen LogP contribution in [0, 0.1) is 0 Å². The van der Waals surface area contributed by atoms with E-state index in [4.69, 9.17) is 27.9 Å². The Morgan fingerprint density at radius 1 is 1.15 bits per heavy atom. The van der Waals surface area contributed by atoms with Gasteiger partial charge in [0.15, 0.2) is 0 Å². The van der Waals surface area contributed by atoms with Crippen LogP contribution in [-0.4, -0.2) is 14.0 Å². The molecule has 1 heterocycles. The third-order valence-corrected chi connectivity index (χ3v) is 7.15. The standard InChI is InChI=1S/C19H21Cl2NO3S/c1-3-19(4-2)12-16(14-7-5-6-8-17(14)25-19)22-26(23,24)18-11-13(20)9-10-15(18)21/h5-11,16,22H,3-4,12H2,1-2H3. The number of hydrogen-bond donors (Lipinski definition) is 1. The molecule has 3 rings (SSSR count). The van der Waals surface area contributed by atoms with Crippen LogP contribution in [-0.2, 0) is 10.0 Å². The van der Waals surface area contributed by atoms with Crippen molar-refractivity contribution in [2.24, 2.45) is 0 Å². The fourth-order valence-electron chi connectivity index (χ4n) is 3.34. The lowest BCUT2D eigenvalue weighted by atomic mass is 9.84. The molecule has 140 valence electrons. The summed E-state index contributed by atoms with van der Waals surface area (Å²) in [6.07, 6.45) is 2.12. The molecule has 1 aliphatic heterocycles. The molecule has 1 aliphatic rings. The smallest absolute Gasteiger partial charge is 0.242 e. The molecule has 1 atom stereocenters. The number of rotatable bonds is 5. The molecule has 1 N–H and O–H groups in total. The average molecular weight is 414 g/mol. The van der Waals surface area contributed by atoms with E-state index in [9.17, 15) is 8.42 Å². The molecule has 26 heavy (non-hydrogen) atoms. The first kappa shape index (κ1) is 19.5. The van der Waals surface area contributed by atoms with Gasteiger partial charge in [0, 0.05) is 17.0 Å². The van der Waals surface area contributed by atoms with Crippen molar-refractivity contribution >= 4 is 33.2 Å². The molecule has 0 spiro atoms. The Balaban J connectivity index is 2.01. The Kier molecular flexibility index (Phi) is 5.54. The minimum Gasteiger partial charge on any atom is -0.487 e. The van der Waals surface area contributed by atoms with E-state index in [1.54, 1.807) is 6.07 Å². The van der Waals surface area contributed by atoms with Crippen LogP contribution in [0.1, 0.15) is 44.7 Å². The summed E-state index contributed by atoms with van der Waals surface area (Å²) in [5, 5.41) is 0.457. The van der Waals surface area contributed by atoms with Crippen LogP contribution in [0.4, 0.5) is 0 Å². The zero-order chi connectivity index (χ0) is 18.9. The molecule has 0 fully saturated rings. The largest absolute Gasteiger partial charge is 0.487 e. The molecular weight excluding hydrogens is 393 g/mol. The number of halogens is 2. The van der Waals surface area contributed by atoms with Crippen LogP contribution in [0.15, 0.2) is 47.4 Å². The molecule has 0 aromatic heterocycles. The average Bonchev–Trinajstić information content (AvgIpc) is 2.63. The molecule has 2 aromatic rings. The summed E-state index contributed by atoms with van der Waals surface area (Å²) in [7, 11) is -3.84. The second-order valence-corrected chi connectivity index (χ2v) is 9.01. The number of fused-ring (bicyclic) bond motifs is 1. The maximum Gasteiger partial charge on any atom is 0.242 e. The summed E-state index contributed by atoms with van der Waals surface area (Å²) in [6.45, 7) is 4.10. The molecule has 7 heteroatoms. The van der Waals surface area contributed by atoms with Crippen LogP contribution < -0.4 is 9.46 Å². The van der Waals surface area contributed by atoms with Crippen LogP contribution >= 0.6 is 23.2 Å². The number of ether oxygens (including phenoxy) is 1. The SMILES string of the molecule is CCC1(CC)CC(NS(=O)(=O)c2cc(Cl)ccc2Cl)c2ccccc2O1.